The van der Waals surface area contributed by atoms with E-state index in [1.165, 1.54) is 5.56 Å². The minimum absolute atomic E-state index is 0.143. The first-order valence-corrected chi connectivity index (χ1v) is 5.82. The average molecular weight is 269 g/mol. The number of nitrogens with one attached hydrogen (secondary N) is 1. The Morgan fingerprint density at radius 1 is 1.12 bits per heavy atom. The summed E-state index contributed by atoms with van der Waals surface area (Å²) in [6.45, 7) is 0.744. The summed E-state index contributed by atoms with van der Waals surface area (Å²) in [5, 5.41) is 3.61. The van der Waals surface area contributed by atoms with E-state index in [0.717, 1.165) is 13.0 Å². The summed E-state index contributed by atoms with van der Waals surface area (Å²) >= 11 is 11.5. The van der Waals surface area contributed by atoms with Gasteiger partial charge in [0, 0.05) is 25.0 Å². The lowest BCUT2D eigenvalue weighted by atomic mass is 10.2. The normalized spacial score (nSPS) is 10.2. The zero-order chi connectivity index (χ0) is 12.1. The van der Waals surface area contributed by atoms with Crippen LogP contribution >= 0.6 is 23.2 Å². The molecular formula is C11H10Cl2N4. The van der Waals surface area contributed by atoms with Gasteiger partial charge in [0.05, 0.1) is 0 Å². The third-order valence-corrected chi connectivity index (χ3v) is 2.50. The molecule has 88 valence electrons. The van der Waals surface area contributed by atoms with Gasteiger partial charge in [0.15, 0.2) is 0 Å². The van der Waals surface area contributed by atoms with E-state index >= 15 is 0 Å². The van der Waals surface area contributed by atoms with Crippen molar-refractivity contribution in [3.63, 3.8) is 0 Å². The highest BCUT2D eigenvalue weighted by Crippen LogP contribution is 2.14. The molecule has 0 aliphatic carbocycles. The predicted molar refractivity (Wildman–Crippen MR) is 68.5 cm³/mol. The number of hydrogen-bond donors (Lipinski definition) is 1. The number of halogens is 2. The Labute approximate surface area is 109 Å². The van der Waals surface area contributed by atoms with Crippen molar-refractivity contribution in [3.05, 3.63) is 46.6 Å². The predicted octanol–water partition coefficient (Wildman–Crippen LogP) is 2.83. The molecule has 17 heavy (non-hydrogen) atoms. The first kappa shape index (κ1) is 12.1. The van der Waals surface area contributed by atoms with E-state index in [-0.39, 0.29) is 5.28 Å². The van der Waals surface area contributed by atoms with Crippen molar-refractivity contribution < 1.29 is 0 Å². The molecular weight excluding hydrogens is 259 g/mol. The van der Waals surface area contributed by atoms with Crippen LogP contribution in [0.3, 0.4) is 0 Å². The molecule has 0 radical (unpaired) electrons. The Hall–Kier alpha value is -1.39. The zero-order valence-electron chi connectivity index (χ0n) is 8.90. The van der Waals surface area contributed by atoms with E-state index in [4.69, 9.17) is 23.2 Å². The molecule has 0 bridgehead atoms. The summed E-state index contributed by atoms with van der Waals surface area (Å²) in [5.74, 6) is 0.629. The molecule has 0 saturated carbocycles. The molecule has 6 heteroatoms. The second-order valence-corrected chi connectivity index (χ2v) is 4.10. The number of anilines is 1. The molecule has 2 aromatic rings. The maximum atomic E-state index is 5.76. The minimum Gasteiger partial charge on any atom is -0.370 e. The van der Waals surface area contributed by atoms with Gasteiger partial charge in [-0.05, 0) is 35.7 Å². The van der Waals surface area contributed by atoms with Crippen LogP contribution in [-0.2, 0) is 6.42 Å². The fourth-order valence-electron chi connectivity index (χ4n) is 1.36. The molecule has 0 saturated heterocycles. The Kier molecular flexibility index (Phi) is 4.12. The van der Waals surface area contributed by atoms with Crippen molar-refractivity contribution in [2.45, 2.75) is 6.42 Å². The lowest BCUT2D eigenvalue weighted by Crippen LogP contribution is -2.06. The van der Waals surface area contributed by atoms with Crippen LogP contribution in [0.15, 0.2) is 30.6 Å². The van der Waals surface area contributed by atoms with Crippen LogP contribution in [0.2, 0.25) is 10.4 Å². The van der Waals surface area contributed by atoms with Crippen molar-refractivity contribution in [1.82, 2.24) is 15.0 Å². The van der Waals surface area contributed by atoms with Crippen LogP contribution in [0.1, 0.15) is 5.56 Å². The SMILES string of the molecule is Clc1cc(NCCc2ccncc2)nc(Cl)n1. The molecule has 0 spiro atoms. The number of pyridine rings is 1. The maximum Gasteiger partial charge on any atom is 0.225 e. The van der Waals surface area contributed by atoms with Crippen molar-refractivity contribution in [2.24, 2.45) is 0 Å². The lowest BCUT2D eigenvalue weighted by molar-refractivity contribution is 0.994. The van der Waals surface area contributed by atoms with Gasteiger partial charge in [0.1, 0.15) is 11.0 Å². The third-order valence-electron chi connectivity index (χ3n) is 2.14. The summed E-state index contributed by atoms with van der Waals surface area (Å²) < 4.78 is 0. The quantitative estimate of drug-likeness (QED) is 0.685. The van der Waals surface area contributed by atoms with Crippen molar-refractivity contribution in [3.8, 4) is 0 Å². The molecule has 2 rings (SSSR count). The molecule has 2 aromatic heterocycles. The summed E-state index contributed by atoms with van der Waals surface area (Å²) in [5.41, 5.74) is 1.21. The molecule has 0 atom stereocenters. The van der Waals surface area contributed by atoms with Gasteiger partial charge in [0.2, 0.25) is 5.28 Å². The molecule has 0 unspecified atom stereocenters. The first-order valence-electron chi connectivity index (χ1n) is 5.07. The molecule has 0 aromatic carbocycles. The van der Waals surface area contributed by atoms with Gasteiger partial charge in [0.25, 0.3) is 0 Å². The molecule has 1 N–H and O–H groups in total. The fourth-order valence-corrected chi connectivity index (χ4v) is 1.77. The van der Waals surface area contributed by atoms with Crippen molar-refractivity contribution in [1.29, 1.82) is 0 Å². The zero-order valence-corrected chi connectivity index (χ0v) is 10.4. The second-order valence-electron chi connectivity index (χ2n) is 3.38. The highest BCUT2D eigenvalue weighted by molar-refractivity contribution is 6.32. The van der Waals surface area contributed by atoms with E-state index < -0.39 is 0 Å². The van der Waals surface area contributed by atoms with Gasteiger partial charge in [-0.2, -0.15) is 0 Å². The fraction of sp³-hybridized carbons (Fsp3) is 0.182. The van der Waals surface area contributed by atoms with Crippen LogP contribution < -0.4 is 5.32 Å². The number of hydrogen-bond acceptors (Lipinski definition) is 4. The highest BCUT2D eigenvalue weighted by Gasteiger charge is 2.00. The van der Waals surface area contributed by atoms with Crippen LogP contribution in [0, 0.1) is 0 Å². The van der Waals surface area contributed by atoms with Gasteiger partial charge in [-0.15, -0.1) is 0 Å². The van der Waals surface area contributed by atoms with Gasteiger partial charge >= 0.3 is 0 Å². The van der Waals surface area contributed by atoms with Gasteiger partial charge < -0.3 is 5.32 Å². The van der Waals surface area contributed by atoms with E-state index in [1.807, 2.05) is 12.1 Å². The Bertz CT molecular complexity index is 470. The monoisotopic (exact) mass is 268 g/mol. The van der Waals surface area contributed by atoms with E-state index in [1.54, 1.807) is 18.5 Å². The molecule has 4 nitrogen and oxygen atoms in total. The number of aromatic nitrogens is 3. The van der Waals surface area contributed by atoms with Crippen molar-refractivity contribution in [2.75, 3.05) is 11.9 Å². The summed E-state index contributed by atoms with van der Waals surface area (Å²) in [6.07, 6.45) is 4.42. The second kappa shape index (κ2) is 5.80. The average Bonchev–Trinajstić information content (AvgIpc) is 2.29. The number of rotatable bonds is 4. The largest absolute Gasteiger partial charge is 0.370 e. The maximum absolute atomic E-state index is 5.76. The Morgan fingerprint density at radius 3 is 2.59 bits per heavy atom. The molecule has 0 aliphatic heterocycles. The summed E-state index contributed by atoms with van der Waals surface area (Å²) in [6, 6.07) is 5.59. The molecule has 0 amide bonds. The standard InChI is InChI=1S/C11H10Cl2N4/c12-9-7-10(17-11(13)16-9)15-6-3-8-1-4-14-5-2-8/h1-2,4-5,7H,3,6H2,(H,15,16,17). The smallest absolute Gasteiger partial charge is 0.225 e. The highest BCUT2D eigenvalue weighted by atomic mass is 35.5. The topological polar surface area (TPSA) is 50.7 Å². The van der Waals surface area contributed by atoms with Crippen LogP contribution in [0.25, 0.3) is 0 Å². The molecule has 2 heterocycles. The Balaban J connectivity index is 1.90. The summed E-state index contributed by atoms with van der Waals surface area (Å²) in [7, 11) is 0. The van der Waals surface area contributed by atoms with Crippen LogP contribution in [0.4, 0.5) is 5.82 Å². The van der Waals surface area contributed by atoms with Crippen LogP contribution in [0.5, 0.6) is 0 Å². The summed E-state index contributed by atoms with van der Waals surface area (Å²) in [4.78, 5) is 11.7. The first-order chi connectivity index (χ1) is 8.24. The Morgan fingerprint density at radius 2 is 1.88 bits per heavy atom. The van der Waals surface area contributed by atoms with E-state index in [9.17, 15) is 0 Å². The molecule has 0 fully saturated rings. The van der Waals surface area contributed by atoms with Gasteiger partial charge in [-0.3, -0.25) is 4.98 Å². The molecule has 0 aliphatic rings. The number of nitrogens with zero attached hydrogens (tertiary/aromatic N) is 3. The van der Waals surface area contributed by atoms with Gasteiger partial charge in [-0.25, -0.2) is 9.97 Å². The van der Waals surface area contributed by atoms with Gasteiger partial charge in [-0.1, -0.05) is 11.6 Å². The minimum atomic E-state index is 0.143. The van der Waals surface area contributed by atoms with Crippen molar-refractivity contribution >= 4 is 29.0 Å². The van der Waals surface area contributed by atoms with Crippen LogP contribution in [-0.4, -0.2) is 21.5 Å². The lowest BCUT2D eigenvalue weighted by Gasteiger charge is -2.05. The van der Waals surface area contributed by atoms with E-state index in [0.29, 0.717) is 11.0 Å². The third kappa shape index (κ3) is 3.84. The van der Waals surface area contributed by atoms with E-state index in [2.05, 4.69) is 20.3 Å².